The largest absolute Gasteiger partial charge is 0.478 e. The Morgan fingerprint density at radius 1 is 1.42 bits per heavy atom. The van der Waals surface area contributed by atoms with Gasteiger partial charge in [-0.15, -0.1) is 0 Å². The monoisotopic (exact) mass is 278 g/mol. The van der Waals surface area contributed by atoms with E-state index in [-0.39, 0.29) is 10.6 Å². The van der Waals surface area contributed by atoms with Crippen LogP contribution < -0.4 is 5.32 Å². The molecular formula is C12H10N2O4S. The van der Waals surface area contributed by atoms with Crippen LogP contribution in [0.1, 0.15) is 15.9 Å². The molecule has 0 spiro atoms. The smallest absolute Gasteiger partial charge is 0.335 e. The highest BCUT2D eigenvalue weighted by molar-refractivity contribution is 7.13. The number of hydrogen-bond acceptors (Lipinski definition) is 5. The molecule has 98 valence electrons. The summed E-state index contributed by atoms with van der Waals surface area (Å²) in [7, 11) is 0. The Morgan fingerprint density at radius 3 is 2.84 bits per heavy atom. The molecule has 19 heavy (non-hydrogen) atoms. The van der Waals surface area contributed by atoms with Gasteiger partial charge in [0.15, 0.2) is 0 Å². The van der Waals surface area contributed by atoms with E-state index < -0.39 is 10.9 Å². The Kier molecular flexibility index (Phi) is 3.76. The number of carboxylic acids is 1. The van der Waals surface area contributed by atoms with Crippen molar-refractivity contribution >= 4 is 28.0 Å². The van der Waals surface area contributed by atoms with Gasteiger partial charge in [0.1, 0.15) is 0 Å². The maximum Gasteiger partial charge on any atom is 0.335 e. The van der Waals surface area contributed by atoms with Crippen molar-refractivity contribution in [2.45, 2.75) is 6.54 Å². The van der Waals surface area contributed by atoms with Gasteiger partial charge >= 0.3 is 11.0 Å². The molecule has 7 heteroatoms. The molecule has 1 aromatic heterocycles. The van der Waals surface area contributed by atoms with Gasteiger partial charge in [-0.05, 0) is 23.8 Å². The minimum absolute atomic E-state index is 0.0936. The van der Waals surface area contributed by atoms with E-state index in [1.807, 2.05) is 0 Å². The third kappa shape index (κ3) is 3.29. The average molecular weight is 278 g/mol. The van der Waals surface area contributed by atoms with Gasteiger partial charge in [0, 0.05) is 23.7 Å². The molecule has 0 aliphatic carbocycles. The maximum absolute atomic E-state index is 10.8. The van der Waals surface area contributed by atoms with Crippen molar-refractivity contribution in [3.05, 3.63) is 57.0 Å². The SMILES string of the molecule is O=C(O)c1cccc(NCc2csc([N+](=O)[O-])c2)c1. The molecular weight excluding hydrogens is 268 g/mol. The zero-order valence-corrected chi connectivity index (χ0v) is 10.5. The Balaban J connectivity index is 2.03. The first kappa shape index (κ1) is 13.0. The number of nitrogens with one attached hydrogen (secondary N) is 1. The van der Waals surface area contributed by atoms with Gasteiger partial charge in [0.25, 0.3) is 0 Å². The van der Waals surface area contributed by atoms with Crippen LogP contribution in [0.5, 0.6) is 0 Å². The number of carbonyl (C=O) groups is 1. The summed E-state index contributed by atoms with van der Waals surface area (Å²) in [4.78, 5) is 20.9. The summed E-state index contributed by atoms with van der Waals surface area (Å²) in [6.07, 6.45) is 0. The number of carboxylic acid groups (broad SMARTS) is 1. The number of anilines is 1. The molecule has 2 N–H and O–H groups in total. The highest BCUT2D eigenvalue weighted by Crippen LogP contribution is 2.23. The molecule has 0 bridgehead atoms. The minimum atomic E-state index is -0.991. The van der Waals surface area contributed by atoms with Crippen LogP contribution in [0.15, 0.2) is 35.7 Å². The fourth-order valence-corrected chi connectivity index (χ4v) is 2.25. The molecule has 0 fully saturated rings. The van der Waals surface area contributed by atoms with Gasteiger partial charge in [0.05, 0.1) is 10.5 Å². The second-order valence-electron chi connectivity index (χ2n) is 3.79. The van der Waals surface area contributed by atoms with E-state index in [1.54, 1.807) is 17.5 Å². The molecule has 0 radical (unpaired) electrons. The van der Waals surface area contributed by atoms with Crippen LogP contribution >= 0.6 is 11.3 Å². The van der Waals surface area contributed by atoms with Crippen molar-refractivity contribution < 1.29 is 14.8 Å². The van der Waals surface area contributed by atoms with E-state index >= 15 is 0 Å². The summed E-state index contributed by atoms with van der Waals surface area (Å²) < 4.78 is 0. The molecule has 1 heterocycles. The van der Waals surface area contributed by atoms with Crippen molar-refractivity contribution in [2.24, 2.45) is 0 Å². The zero-order valence-electron chi connectivity index (χ0n) is 9.70. The number of aromatic carboxylic acids is 1. The van der Waals surface area contributed by atoms with Crippen molar-refractivity contribution in [3.8, 4) is 0 Å². The number of rotatable bonds is 5. The first-order valence-corrected chi connectivity index (χ1v) is 6.23. The molecule has 0 amide bonds. The van der Waals surface area contributed by atoms with Crippen LogP contribution in [-0.2, 0) is 6.54 Å². The first-order valence-electron chi connectivity index (χ1n) is 5.35. The molecule has 2 aromatic rings. The molecule has 1 aromatic carbocycles. The number of nitrogens with zero attached hydrogens (tertiary/aromatic N) is 1. The zero-order chi connectivity index (χ0) is 13.8. The van der Waals surface area contributed by atoms with Crippen LogP contribution in [0.4, 0.5) is 10.7 Å². The summed E-state index contributed by atoms with van der Waals surface area (Å²) in [6, 6.07) is 7.90. The Hall–Kier alpha value is -2.41. The van der Waals surface area contributed by atoms with Gasteiger partial charge < -0.3 is 10.4 Å². The molecule has 0 unspecified atom stereocenters. The van der Waals surface area contributed by atoms with Gasteiger partial charge in [0.2, 0.25) is 0 Å². The molecule has 0 aliphatic rings. The van der Waals surface area contributed by atoms with Crippen molar-refractivity contribution in [1.29, 1.82) is 0 Å². The van der Waals surface area contributed by atoms with Crippen molar-refractivity contribution in [3.63, 3.8) is 0 Å². The van der Waals surface area contributed by atoms with Crippen LogP contribution in [0.3, 0.4) is 0 Å². The molecule has 2 rings (SSSR count). The molecule has 0 saturated heterocycles. The third-order valence-electron chi connectivity index (χ3n) is 2.43. The van der Waals surface area contributed by atoms with Crippen LogP contribution in [-0.4, -0.2) is 16.0 Å². The van der Waals surface area contributed by atoms with Crippen LogP contribution in [0.25, 0.3) is 0 Å². The molecule has 0 saturated carbocycles. The van der Waals surface area contributed by atoms with Gasteiger partial charge in [-0.2, -0.15) is 0 Å². The predicted octanol–water partition coefficient (Wildman–Crippen LogP) is 2.97. The lowest BCUT2D eigenvalue weighted by Crippen LogP contribution is -2.01. The average Bonchev–Trinajstić information content (AvgIpc) is 2.85. The Labute approximate surface area is 112 Å². The van der Waals surface area contributed by atoms with Gasteiger partial charge in [-0.3, -0.25) is 10.1 Å². The highest BCUT2D eigenvalue weighted by Gasteiger charge is 2.09. The first-order chi connectivity index (χ1) is 9.06. The van der Waals surface area contributed by atoms with E-state index in [9.17, 15) is 14.9 Å². The van der Waals surface area contributed by atoms with E-state index in [4.69, 9.17) is 5.11 Å². The van der Waals surface area contributed by atoms with Crippen molar-refractivity contribution in [2.75, 3.05) is 5.32 Å². The lowest BCUT2D eigenvalue weighted by Gasteiger charge is -2.05. The normalized spacial score (nSPS) is 10.1. The van der Waals surface area contributed by atoms with Crippen LogP contribution in [0.2, 0.25) is 0 Å². The summed E-state index contributed by atoms with van der Waals surface area (Å²) in [5.74, 6) is -0.991. The number of nitro groups is 1. The number of thiophene rings is 1. The van der Waals surface area contributed by atoms with Crippen molar-refractivity contribution in [1.82, 2.24) is 0 Å². The van der Waals surface area contributed by atoms with Gasteiger partial charge in [-0.1, -0.05) is 17.4 Å². The topological polar surface area (TPSA) is 92.5 Å². The van der Waals surface area contributed by atoms with E-state index in [1.165, 1.54) is 18.2 Å². The molecule has 0 atom stereocenters. The lowest BCUT2D eigenvalue weighted by molar-refractivity contribution is -0.380. The minimum Gasteiger partial charge on any atom is -0.478 e. The van der Waals surface area contributed by atoms with E-state index in [2.05, 4.69) is 5.32 Å². The second kappa shape index (κ2) is 5.49. The van der Waals surface area contributed by atoms with E-state index in [0.717, 1.165) is 16.9 Å². The van der Waals surface area contributed by atoms with Gasteiger partial charge in [-0.25, -0.2) is 4.79 Å². The summed E-state index contributed by atoms with van der Waals surface area (Å²) in [6.45, 7) is 0.410. The molecule has 6 nitrogen and oxygen atoms in total. The quantitative estimate of drug-likeness (QED) is 0.648. The third-order valence-corrected chi connectivity index (χ3v) is 3.36. The summed E-state index contributed by atoms with van der Waals surface area (Å²) >= 11 is 1.07. The fourth-order valence-electron chi connectivity index (χ4n) is 1.52. The standard InChI is InChI=1S/C12H10N2O4S/c15-12(16)9-2-1-3-10(5-9)13-6-8-4-11(14(17)18)19-7-8/h1-5,7,13H,6H2,(H,15,16). The lowest BCUT2D eigenvalue weighted by atomic mass is 10.2. The maximum atomic E-state index is 10.8. The van der Waals surface area contributed by atoms with E-state index in [0.29, 0.717) is 12.2 Å². The predicted molar refractivity (Wildman–Crippen MR) is 71.7 cm³/mol. The van der Waals surface area contributed by atoms with Crippen LogP contribution in [0, 0.1) is 10.1 Å². The molecule has 0 aliphatic heterocycles. The number of hydrogen-bond donors (Lipinski definition) is 2. The number of benzene rings is 1. The fraction of sp³-hybridized carbons (Fsp3) is 0.0833. The second-order valence-corrected chi connectivity index (χ2v) is 4.68. The Morgan fingerprint density at radius 2 is 2.21 bits per heavy atom. The Bertz CT molecular complexity index is 624. The highest BCUT2D eigenvalue weighted by atomic mass is 32.1. The summed E-state index contributed by atoms with van der Waals surface area (Å²) in [5, 5.41) is 24.2. The summed E-state index contributed by atoms with van der Waals surface area (Å²) in [5.41, 5.74) is 1.65.